The molecule has 0 atom stereocenters. The van der Waals surface area contributed by atoms with Crippen LogP contribution in [-0.2, 0) is 25.4 Å². The molecule has 32 heavy (non-hydrogen) atoms. The van der Waals surface area contributed by atoms with Gasteiger partial charge in [-0.3, -0.25) is 0 Å². The first-order valence-corrected chi connectivity index (χ1v) is 9.27. The maximum absolute atomic E-state index is 12.9. The van der Waals surface area contributed by atoms with Crippen LogP contribution in [0.2, 0.25) is 0 Å². The van der Waals surface area contributed by atoms with Gasteiger partial charge in [0.05, 0.1) is 11.1 Å². The molecule has 170 valence electrons. The summed E-state index contributed by atoms with van der Waals surface area (Å²) in [5, 5.41) is 0. The zero-order valence-corrected chi connectivity index (χ0v) is 16.4. The Labute approximate surface area is 179 Å². The summed E-state index contributed by atoms with van der Waals surface area (Å²) in [6.45, 7) is -0.313. The summed E-state index contributed by atoms with van der Waals surface area (Å²) in [6.07, 6.45) is -9.00. The number of benzene rings is 3. The molecular formula is C22H18F6N2O2. The van der Waals surface area contributed by atoms with Crippen molar-refractivity contribution in [3.63, 3.8) is 0 Å². The third kappa shape index (κ3) is 5.51. The van der Waals surface area contributed by atoms with Gasteiger partial charge in [0.2, 0.25) is 0 Å². The van der Waals surface area contributed by atoms with Gasteiger partial charge in [-0.05, 0) is 60.7 Å². The minimum atomic E-state index is -4.50. The van der Waals surface area contributed by atoms with Gasteiger partial charge in [-0.1, -0.05) is 0 Å². The zero-order chi connectivity index (χ0) is 23.5. The zero-order valence-electron chi connectivity index (χ0n) is 16.4. The molecule has 0 aliphatic rings. The van der Waals surface area contributed by atoms with E-state index in [2.05, 4.69) is 0 Å². The van der Waals surface area contributed by atoms with Crippen LogP contribution in [0.25, 0.3) is 0 Å². The number of hydrogen-bond acceptors (Lipinski definition) is 4. The lowest BCUT2D eigenvalue weighted by Crippen LogP contribution is -2.08. The molecule has 0 aliphatic carbocycles. The van der Waals surface area contributed by atoms with Crippen molar-refractivity contribution in [1.29, 1.82) is 0 Å². The topological polar surface area (TPSA) is 70.5 Å². The molecule has 0 spiro atoms. The summed E-state index contributed by atoms with van der Waals surface area (Å²) in [6, 6.07) is 12.0. The van der Waals surface area contributed by atoms with Crippen LogP contribution in [0.1, 0.15) is 22.3 Å². The number of rotatable bonds is 6. The average Bonchev–Trinajstić information content (AvgIpc) is 2.74. The first-order chi connectivity index (χ1) is 15.0. The van der Waals surface area contributed by atoms with Crippen LogP contribution in [0.4, 0.5) is 26.3 Å². The summed E-state index contributed by atoms with van der Waals surface area (Å²) >= 11 is 0. The van der Waals surface area contributed by atoms with E-state index in [4.69, 9.17) is 20.9 Å². The molecule has 0 fully saturated rings. The van der Waals surface area contributed by atoms with Gasteiger partial charge in [-0.15, -0.1) is 0 Å². The van der Waals surface area contributed by atoms with Crippen molar-refractivity contribution in [3.05, 3.63) is 82.9 Å². The Balaban J connectivity index is 1.76. The first-order valence-electron chi connectivity index (χ1n) is 9.27. The minimum Gasteiger partial charge on any atom is -0.457 e. The van der Waals surface area contributed by atoms with Crippen molar-refractivity contribution >= 4 is 0 Å². The van der Waals surface area contributed by atoms with E-state index >= 15 is 0 Å². The maximum Gasteiger partial charge on any atom is 0.416 e. The highest BCUT2D eigenvalue weighted by Crippen LogP contribution is 2.36. The summed E-state index contributed by atoms with van der Waals surface area (Å²) in [7, 11) is 0. The molecule has 3 rings (SSSR count). The Hall–Kier alpha value is -3.24. The van der Waals surface area contributed by atoms with Crippen LogP contribution in [0, 0.1) is 0 Å². The van der Waals surface area contributed by atoms with Gasteiger partial charge in [0.1, 0.15) is 23.0 Å². The molecule has 0 bridgehead atoms. The summed E-state index contributed by atoms with van der Waals surface area (Å²) < 4.78 is 88.4. The molecule has 0 aromatic heterocycles. The molecule has 10 heteroatoms. The van der Waals surface area contributed by atoms with Crippen LogP contribution in [0.3, 0.4) is 0 Å². The van der Waals surface area contributed by atoms with E-state index in [-0.39, 0.29) is 35.7 Å². The van der Waals surface area contributed by atoms with Crippen LogP contribution < -0.4 is 20.9 Å². The van der Waals surface area contributed by atoms with Crippen molar-refractivity contribution in [2.45, 2.75) is 25.4 Å². The molecule has 0 amide bonds. The second kappa shape index (κ2) is 9.09. The molecule has 0 saturated carbocycles. The molecular weight excluding hydrogens is 438 g/mol. The lowest BCUT2D eigenvalue weighted by atomic mass is 10.1. The smallest absolute Gasteiger partial charge is 0.416 e. The van der Waals surface area contributed by atoms with E-state index in [0.717, 1.165) is 24.3 Å². The van der Waals surface area contributed by atoms with E-state index < -0.39 is 23.5 Å². The minimum absolute atomic E-state index is 0.157. The summed E-state index contributed by atoms with van der Waals surface area (Å²) in [4.78, 5) is 0. The van der Waals surface area contributed by atoms with Gasteiger partial charge in [-0.2, -0.15) is 26.3 Å². The number of nitrogens with two attached hydrogens (primary N) is 2. The van der Waals surface area contributed by atoms with Crippen LogP contribution >= 0.6 is 0 Å². The molecule has 4 N–H and O–H groups in total. The standard InChI is InChI=1S/C22H18F6N2O2/c23-21(24,25)15-1-7-19(13(9-15)11-29)31-17-3-5-18(6-4-17)32-20-8-2-16(22(26,27)28)10-14(20)12-30/h1-10H,11-12,29-30H2. The van der Waals surface area contributed by atoms with E-state index in [1.165, 1.54) is 36.4 Å². The number of alkyl halides is 6. The molecule has 0 radical (unpaired) electrons. The Morgan fingerprint density at radius 2 is 0.906 bits per heavy atom. The Bertz CT molecular complexity index is 993. The van der Waals surface area contributed by atoms with Crippen molar-refractivity contribution in [3.8, 4) is 23.0 Å². The fourth-order valence-electron chi connectivity index (χ4n) is 2.86. The molecule has 3 aromatic rings. The molecule has 4 nitrogen and oxygen atoms in total. The Kier molecular flexibility index (Phi) is 6.65. The van der Waals surface area contributed by atoms with Gasteiger partial charge in [0.25, 0.3) is 0 Å². The fraction of sp³-hybridized carbons (Fsp3) is 0.182. The fourth-order valence-corrected chi connectivity index (χ4v) is 2.86. The van der Waals surface area contributed by atoms with E-state index in [1.54, 1.807) is 0 Å². The van der Waals surface area contributed by atoms with Crippen LogP contribution in [-0.4, -0.2) is 0 Å². The van der Waals surface area contributed by atoms with Gasteiger partial charge < -0.3 is 20.9 Å². The average molecular weight is 456 g/mol. The highest BCUT2D eigenvalue weighted by Gasteiger charge is 2.32. The first kappa shape index (κ1) is 23.4. The van der Waals surface area contributed by atoms with Crippen LogP contribution in [0.5, 0.6) is 23.0 Å². The van der Waals surface area contributed by atoms with Crippen molar-refractivity contribution in [2.24, 2.45) is 11.5 Å². The largest absolute Gasteiger partial charge is 0.457 e. The van der Waals surface area contributed by atoms with Gasteiger partial charge in [0, 0.05) is 24.2 Å². The molecule has 0 saturated heterocycles. The van der Waals surface area contributed by atoms with Gasteiger partial charge >= 0.3 is 12.4 Å². The third-order valence-corrected chi connectivity index (χ3v) is 4.49. The lowest BCUT2D eigenvalue weighted by Gasteiger charge is -2.15. The summed E-state index contributed by atoms with van der Waals surface area (Å²) in [5.41, 5.74) is 9.78. The second-order valence-corrected chi connectivity index (χ2v) is 6.72. The quantitative estimate of drug-likeness (QED) is 0.432. The third-order valence-electron chi connectivity index (χ3n) is 4.49. The predicted octanol–water partition coefficient (Wildman–Crippen LogP) is 6.23. The van der Waals surface area contributed by atoms with Gasteiger partial charge in [0.15, 0.2) is 0 Å². The maximum atomic E-state index is 12.9. The SMILES string of the molecule is NCc1cc(C(F)(F)F)ccc1Oc1ccc(Oc2ccc(C(F)(F)F)cc2CN)cc1. The van der Waals surface area contributed by atoms with Crippen molar-refractivity contribution < 1.29 is 35.8 Å². The van der Waals surface area contributed by atoms with Crippen molar-refractivity contribution in [2.75, 3.05) is 0 Å². The van der Waals surface area contributed by atoms with Crippen molar-refractivity contribution in [1.82, 2.24) is 0 Å². The van der Waals surface area contributed by atoms with E-state index in [0.29, 0.717) is 11.5 Å². The van der Waals surface area contributed by atoms with Gasteiger partial charge in [-0.25, -0.2) is 0 Å². The highest BCUT2D eigenvalue weighted by atomic mass is 19.4. The lowest BCUT2D eigenvalue weighted by molar-refractivity contribution is -0.138. The normalized spacial score (nSPS) is 12.0. The number of halogens is 6. The number of ether oxygens (including phenoxy) is 2. The van der Waals surface area contributed by atoms with E-state index in [1.807, 2.05) is 0 Å². The highest BCUT2D eigenvalue weighted by molar-refractivity contribution is 5.44. The molecule has 0 unspecified atom stereocenters. The Morgan fingerprint density at radius 1 is 0.562 bits per heavy atom. The molecule has 0 aliphatic heterocycles. The predicted molar refractivity (Wildman–Crippen MR) is 105 cm³/mol. The molecule has 3 aromatic carbocycles. The summed E-state index contributed by atoms with van der Waals surface area (Å²) in [5.74, 6) is 0.946. The van der Waals surface area contributed by atoms with Crippen LogP contribution in [0.15, 0.2) is 60.7 Å². The molecule has 0 heterocycles. The number of hydrogen-bond donors (Lipinski definition) is 2. The Morgan fingerprint density at radius 3 is 1.19 bits per heavy atom. The van der Waals surface area contributed by atoms with E-state index in [9.17, 15) is 26.3 Å². The second-order valence-electron chi connectivity index (χ2n) is 6.72. The monoisotopic (exact) mass is 456 g/mol.